The molecule has 0 aromatic carbocycles. The summed E-state index contributed by atoms with van der Waals surface area (Å²) in [6, 6.07) is 0. The van der Waals surface area contributed by atoms with Crippen LogP contribution in [0, 0.1) is 0 Å². The van der Waals surface area contributed by atoms with E-state index in [1.54, 1.807) is 22.6 Å². The number of carbonyl (C=O) groups is 1. The SMILES string of the molecule is CCCn1ncc(Br)c1C(=O)C1CSCCO1. The Labute approximate surface area is 113 Å². The molecular weight excluding hydrogens is 304 g/mol. The van der Waals surface area contributed by atoms with Gasteiger partial charge in [-0.25, -0.2) is 0 Å². The Balaban J connectivity index is 2.19. The fourth-order valence-electron chi connectivity index (χ4n) is 1.78. The number of halogens is 1. The zero-order valence-corrected chi connectivity index (χ0v) is 12.1. The molecule has 4 nitrogen and oxygen atoms in total. The number of aryl methyl sites for hydroxylation is 1. The summed E-state index contributed by atoms with van der Waals surface area (Å²) in [7, 11) is 0. The van der Waals surface area contributed by atoms with Gasteiger partial charge in [-0.2, -0.15) is 16.9 Å². The molecule has 1 fully saturated rings. The van der Waals surface area contributed by atoms with Crippen molar-refractivity contribution in [3.63, 3.8) is 0 Å². The number of carbonyl (C=O) groups excluding carboxylic acids is 1. The highest BCUT2D eigenvalue weighted by atomic mass is 79.9. The number of hydrogen-bond acceptors (Lipinski definition) is 4. The fraction of sp³-hybridized carbons (Fsp3) is 0.636. The topological polar surface area (TPSA) is 44.1 Å². The molecule has 94 valence electrons. The molecule has 1 aliphatic heterocycles. The number of aromatic nitrogens is 2. The lowest BCUT2D eigenvalue weighted by atomic mass is 10.2. The molecular formula is C11H15BrN2O2S. The second kappa shape index (κ2) is 6.02. The lowest BCUT2D eigenvalue weighted by molar-refractivity contribution is 0.0508. The molecule has 0 N–H and O–H groups in total. The Morgan fingerprint density at radius 3 is 3.24 bits per heavy atom. The molecule has 6 heteroatoms. The van der Waals surface area contributed by atoms with Crippen molar-refractivity contribution < 1.29 is 9.53 Å². The van der Waals surface area contributed by atoms with Crippen LogP contribution in [0.25, 0.3) is 0 Å². The van der Waals surface area contributed by atoms with E-state index >= 15 is 0 Å². The first-order valence-corrected chi connectivity index (χ1v) is 7.63. The molecule has 0 aliphatic carbocycles. The third-order valence-electron chi connectivity index (χ3n) is 2.57. The largest absolute Gasteiger partial charge is 0.368 e. The Kier molecular flexibility index (Phi) is 4.64. The smallest absolute Gasteiger partial charge is 0.211 e. The van der Waals surface area contributed by atoms with Gasteiger partial charge in [0.2, 0.25) is 5.78 Å². The van der Waals surface area contributed by atoms with Crippen molar-refractivity contribution >= 4 is 33.5 Å². The fourth-order valence-corrected chi connectivity index (χ4v) is 3.11. The van der Waals surface area contributed by atoms with Crippen LogP contribution in [-0.2, 0) is 11.3 Å². The summed E-state index contributed by atoms with van der Waals surface area (Å²) in [5.74, 6) is 1.75. The van der Waals surface area contributed by atoms with Gasteiger partial charge in [-0.15, -0.1) is 0 Å². The average Bonchev–Trinajstić information content (AvgIpc) is 2.71. The summed E-state index contributed by atoms with van der Waals surface area (Å²) in [6.07, 6.45) is 2.31. The highest BCUT2D eigenvalue weighted by Gasteiger charge is 2.28. The van der Waals surface area contributed by atoms with Crippen LogP contribution in [0.3, 0.4) is 0 Å². The zero-order valence-electron chi connectivity index (χ0n) is 9.69. The van der Waals surface area contributed by atoms with E-state index in [1.807, 2.05) is 0 Å². The number of nitrogens with zero attached hydrogens (tertiary/aromatic N) is 2. The standard InChI is InChI=1S/C11H15BrN2O2S/c1-2-3-14-10(8(12)6-13-14)11(15)9-7-17-5-4-16-9/h6,9H,2-5,7H2,1H3. The average molecular weight is 319 g/mol. The van der Waals surface area contributed by atoms with E-state index in [1.165, 1.54) is 0 Å². The monoisotopic (exact) mass is 318 g/mol. The van der Waals surface area contributed by atoms with Crippen LogP contribution in [-0.4, -0.2) is 39.8 Å². The van der Waals surface area contributed by atoms with Gasteiger partial charge < -0.3 is 4.74 Å². The van der Waals surface area contributed by atoms with E-state index in [9.17, 15) is 4.79 Å². The van der Waals surface area contributed by atoms with Crippen molar-refractivity contribution in [2.45, 2.75) is 26.0 Å². The van der Waals surface area contributed by atoms with Gasteiger partial charge in [0.1, 0.15) is 11.8 Å². The van der Waals surface area contributed by atoms with E-state index in [0.29, 0.717) is 12.3 Å². The van der Waals surface area contributed by atoms with Gasteiger partial charge in [0.05, 0.1) is 17.3 Å². The summed E-state index contributed by atoms with van der Waals surface area (Å²) in [5.41, 5.74) is 0.638. The molecule has 1 aliphatic rings. The van der Waals surface area contributed by atoms with Gasteiger partial charge in [0.25, 0.3) is 0 Å². The molecule has 1 aromatic rings. The van der Waals surface area contributed by atoms with E-state index < -0.39 is 0 Å². The first kappa shape index (κ1) is 13.1. The number of Topliss-reactive ketones (excluding diaryl/α,β-unsaturated/α-hetero) is 1. The third-order valence-corrected chi connectivity index (χ3v) is 4.15. The maximum absolute atomic E-state index is 12.3. The number of hydrogen-bond donors (Lipinski definition) is 0. The van der Waals surface area contributed by atoms with Crippen molar-refractivity contribution in [1.29, 1.82) is 0 Å². The van der Waals surface area contributed by atoms with Gasteiger partial charge in [0, 0.05) is 18.1 Å². The van der Waals surface area contributed by atoms with E-state index in [2.05, 4.69) is 28.0 Å². The summed E-state index contributed by atoms with van der Waals surface area (Å²) in [5, 5.41) is 4.21. The molecule has 0 amide bonds. The van der Waals surface area contributed by atoms with Crippen molar-refractivity contribution in [3.05, 3.63) is 16.4 Å². The first-order chi connectivity index (χ1) is 8.24. The van der Waals surface area contributed by atoms with Gasteiger partial charge in [0.15, 0.2) is 0 Å². The van der Waals surface area contributed by atoms with E-state index in [-0.39, 0.29) is 11.9 Å². The molecule has 2 rings (SSSR count). The minimum absolute atomic E-state index is 0.0371. The van der Waals surface area contributed by atoms with Crippen LogP contribution in [0.4, 0.5) is 0 Å². The van der Waals surface area contributed by atoms with E-state index in [4.69, 9.17) is 4.74 Å². The molecule has 1 saturated heterocycles. The van der Waals surface area contributed by atoms with Crippen LogP contribution in [0.5, 0.6) is 0 Å². The van der Waals surface area contributed by atoms with Crippen molar-refractivity contribution in [1.82, 2.24) is 9.78 Å². The predicted octanol–water partition coefficient (Wildman–Crippen LogP) is 2.37. The lowest BCUT2D eigenvalue weighted by Gasteiger charge is -2.21. The van der Waals surface area contributed by atoms with Crippen LogP contribution >= 0.6 is 27.7 Å². The minimum atomic E-state index is -0.322. The molecule has 0 spiro atoms. The van der Waals surface area contributed by atoms with Crippen LogP contribution in [0.1, 0.15) is 23.8 Å². The maximum Gasteiger partial charge on any atom is 0.211 e. The number of rotatable bonds is 4. The Morgan fingerprint density at radius 2 is 2.59 bits per heavy atom. The molecule has 0 saturated carbocycles. The summed E-state index contributed by atoms with van der Waals surface area (Å²) in [6.45, 7) is 3.48. The van der Waals surface area contributed by atoms with Crippen LogP contribution in [0.15, 0.2) is 10.7 Å². The Morgan fingerprint density at radius 1 is 1.76 bits per heavy atom. The molecule has 1 aromatic heterocycles. The minimum Gasteiger partial charge on any atom is -0.368 e. The van der Waals surface area contributed by atoms with Crippen molar-refractivity contribution in [2.75, 3.05) is 18.1 Å². The zero-order chi connectivity index (χ0) is 12.3. The summed E-state index contributed by atoms with van der Waals surface area (Å²) >= 11 is 5.15. The molecule has 1 atom stereocenters. The summed E-state index contributed by atoms with van der Waals surface area (Å²) < 4.78 is 8.04. The van der Waals surface area contributed by atoms with Gasteiger partial charge in [-0.1, -0.05) is 6.92 Å². The molecule has 2 heterocycles. The second-order valence-electron chi connectivity index (χ2n) is 3.86. The van der Waals surface area contributed by atoms with Gasteiger partial charge >= 0.3 is 0 Å². The van der Waals surface area contributed by atoms with Gasteiger partial charge in [-0.05, 0) is 22.4 Å². The molecule has 0 radical (unpaired) electrons. The van der Waals surface area contributed by atoms with Gasteiger partial charge in [-0.3, -0.25) is 9.48 Å². The molecule has 0 bridgehead atoms. The van der Waals surface area contributed by atoms with Crippen LogP contribution < -0.4 is 0 Å². The first-order valence-electron chi connectivity index (χ1n) is 5.69. The predicted molar refractivity (Wildman–Crippen MR) is 71.6 cm³/mol. The lowest BCUT2D eigenvalue weighted by Crippen LogP contribution is -2.33. The normalized spacial score (nSPS) is 20.5. The number of thioether (sulfide) groups is 1. The highest BCUT2D eigenvalue weighted by molar-refractivity contribution is 9.10. The Bertz CT molecular complexity index is 402. The molecule has 17 heavy (non-hydrogen) atoms. The quantitative estimate of drug-likeness (QED) is 0.799. The van der Waals surface area contributed by atoms with Crippen LogP contribution in [0.2, 0.25) is 0 Å². The maximum atomic E-state index is 12.3. The number of ketones is 1. The Hall–Kier alpha value is -0.330. The summed E-state index contributed by atoms with van der Waals surface area (Å²) in [4.78, 5) is 12.3. The van der Waals surface area contributed by atoms with E-state index in [0.717, 1.165) is 28.9 Å². The molecule has 1 unspecified atom stereocenters. The number of ether oxygens (including phenoxy) is 1. The van der Waals surface area contributed by atoms with Crippen molar-refractivity contribution in [3.8, 4) is 0 Å². The highest BCUT2D eigenvalue weighted by Crippen LogP contribution is 2.22. The van der Waals surface area contributed by atoms with Crippen molar-refractivity contribution in [2.24, 2.45) is 0 Å². The third kappa shape index (κ3) is 2.92. The second-order valence-corrected chi connectivity index (χ2v) is 5.87.